The maximum atomic E-state index is 11.6. The summed E-state index contributed by atoms with van der Waals surface area (Å²) in [6.07, 6.45) is 1.80. The normalized spacial score (nSPS) is 21.6. The number of hydrogen-bond donors (Lipinski definition) is 2. The summed E-state index contributed by atoms with van der Waals surface area (Å²) in [4.78, 5) is 14.0. The van der Waals surface area contributed by atoms with Gasteiger partial charge in [-0.15, -0.1) is 0 Å². The van der Waals surface area contributed by atoms with Crippen LogP contribution < -0.4 is 11.1 Å². The molecule has 5 heteroatoms. The largest absolute Gasteiger partial charge is 0.380 e. The number of nitrogens with two attached hydrogens (primary N) is 1. The first kappa shape index (κ1) is 15.4. The molecule has 0 bridgehead atoms. The second-order valence-electron chi connectivity index (χ2n) is 5.55. The monoisotopic (exact) mass is 257 g/mol. The Kier molecular flexibility index (Phi) is 6.05. The van der Waals surface area contributed by atoms with E-state index in [0.717, 1.165) is 45.7 Å². The molecule has 0 aromatic carbocycles. The first-order valence-electron chi connectivity index (χ1n) is 6.82. The number of carbonyl (C=O) groups excluding carboxylic acids is 1. The van der Waals surface area contributed by atoms with Gasteiger partial charge in [0, 0.05) is 32.3 Å². The minimum absolute atomic E-state index is 0.245. The van der Waals surface area contributed by atoms with Gasteiger partial charge in [-0.05, 0) is 33.6 Å². The van der Waals surface area contributed by atoms with Crippen LogP contribution in [0.3, 0.4) is 0 Å². The molecule has 0 spiro atoms. The molecule has 1 heterocycles. The second-order valence-corrected chi connectivity index (χ2v) is 5.55. The topological polar surface area (TPSA) is 67.6 Å². The summed E-state index contributed by atoms with van der Waals surface area (Å²) in [7, 11) is 0. The Morgan fingerprint density at radius 3 is 2.78 bits per heavy atom. The Labute approximate surface area is 110 Å². The number of nitrogens with zero attached hydrogens (tertiary/aromatic N) is 1. The van der Waals surface area contributed by atoms with E-state index in [1.165, 1.54) is 0 Å². The van der Waals surface area contributed by atoms with Crippen LogP contribution in [0.2, 0.25) is 0 Å². The van der Waals surface area contributed by atoms with Crippen LogP contribution >= 0.6 is 0 Å². The zero-order chi connectivity index (χ0) is 13.6. The predicted molar refractivity (Wildman–Crippen MR) is 72.4 cm³/mol. The fourth-order valence-electron chi connectivity index (χ4n) is 2.31. The van der Waals surface area contributed by atoms with Gasteiger partial charge in [0.05, 0.1) is 12.1 Å². The first-order valence-corrected chi connectivity index (χ1v) is 6.82. The Morgan fingerprint density at radius 2 is 2.17 bits per heavy atom. The van der Waals surface area contributed by atoms with Gasteiger partial charge in [0.1, 0.15) is 0 Å². The summed E-state index contributed by atoms with van der Waals surface area (Å²) in [6.45, 7) is 10.4. The Morgan fingerprint density at radius 1 is 1.44 bits per heavy atom. The van der Waals surface area contributed by atoms with Gasteiger partial charge in [0.25, 0.3) is 0 Å². The van der Waals surface area contributed by atoms with Crippen molar-refractivity contribution in [3.05, 3.63) is 0 Å². The van der Waals surface area contributed by atoms with Crippen molar-refractivity contribution < 1.29 is 9.53 Å². The van der Waals surface area contributed by atoms with Crippen LogP contribution in [0.4, 0.5) is 0 Å². The molecule has 106 valence electrons. The molecule has 0 aromatic rings. The van der Waals surface area contributed by atoms with E-state index in [1.54, 1.807) is 0 Å². The predicted octanol–water partition coefficient (Wildman–Crippen LogP) is 0.341. The molecule has 5 nitrogen and oxygen atoms in total. The smallest absolute Gasteiger partial charge is 0.237 e. The third kappa shape index (κ3) is 4.92. The van der Waals surface area contributed by atoms with E-state index in [1.807, 2.05) is 20.8 Å². The lowest BCUT2D eigenvalue weighted by Gasteiger charge is -2.32. The van der Waals surface area contributed by atoms with Crippen molar-refractivity contribution in [1.29, 1.82) is 0 Å². The van der Waals surface area contributed by atoms with Gasteiger partial charge >= 0.3 is 0 Å². The van der Waals surface area contributed by atoms with E-state index in [-0.39, 0.29) is 11.9 Å². The number of carbonyl (C=O) groups is 1. The van der Waals surface area contributed by atoms with Gasteiger partial charge in [-0.2, -0.15) is 0 Å². The fraction of sp³-hybridized carbons (Fsp3) is 0.923. The fourth-order valence-corrected chi connectivity index (χ4v) is 2.31. The third-order valence-corrected chi connectivity index (χ3v) is 3.39. The van der Waals surface area contributed by atoms with Crippen LogP contribution in [0.25, 0.3) is 0 Å². The highest BCUT2D eigenvalue weighted by molar-refractivity contribution is 5.84. The van der Waals surface area contributed by atoms with Crippen molar-refractivity contribution in [3.8, 4) is 0 Å². The molecule has 1 atom stereocenters. The number of amides is 1. The molecule has 0 aromatic heterocycles. The number of nitrogens with one attached hydrogen (secondary N) is 1. The van der Waals surface area contributed by atoms with Crippen LogP contribution in [0.5, 0.6) is 0 Å². The zero-order valence-electron chi connectivity index (χ0n) is 11.9. The molecule has 1 rings (SSSR count). The Hall–Kier alpha value is -0.650. The maximum absolute atomic E-state index is 11.6. The van der Waals surface area contributed by atoms with Crippen LogP contribution in [-0.2, 0) is 9.53 Å². The quantitative estimate of drug-likeness (QED) is 0.720. The molecule has 3 N–H and O–H groups in total. The minimum Gasteiger partial charge on any atom is -0.380 e. The summed E-state index contributed by atoms with van der Waals surface area (Å²) < 4.78 is 5.42. The highest BCUT2D eigenvalue weighted by Gasteiger charge is 2.31. The second kappa shape index (κ2) is 7.07. The van der Waals surface area contributed by atoms with E-state index in [4.69, 9.17) is 10.5 Å². The lowest BCUT2D eigenvalue weighted by molar-refractivity contribution is -0.124. The lowest BCUT2D eigenvalue weighted by atomic mass is 9.95. The highest BCUT2D eigenvalue weighted by Crippen LogP contribution is 2.12. The van der Waals surface area contributed by atoms with Crippen molar-refractivity contribution in [2.75, 3.05) is 32.8 Å². The molecule has 1 aliphatic heterocycles. The number of rotatable bonds is 6. The molecule has 0 saturated carbocycles. The summed E-state index contributed by atoms with van der Waals surface area (Å²) in [6, 6.07) is 0.245. The lowest BCUT2D eigenvalue weighted by Crippen LogP contribution is -2.56. The Bertz CT molecular complexity index is 263. The van der Waals surface area contributed by atoms with E-state index >= 15 is 0 Å². The van der Waals surface area contributed by atoms with Gasteiger partial charge in [0.15, 0.2) is 0 Å². The van der Waals surface area contributed by atoms with E-state index in [2.05, 4.69) is 10.2 Å². The summed E-state index contributed by atoms with van der Waals surface area (Å²) >= 11 is 0. The summed E-state index contributed by atoms with van der Waals surface area (Å²) in [5, 5.41) is 3.28. The molecule has 18 heavy (non-hydrogen) atoms. The minimum atomic E-state index is -0.624. The Balaban J connectivity index is 2.48. The van der Waals surface area contributed by atoms with E-state index in [9.17, 15) is 4.79 Å². The van der Waals surface area contributed by atoms with Crippen molar-refractivity contribution in [2.45, 2.75) is 45.2 Å². The molecule has 1 saturated heterocycles. The molecule has 0 radical (unpaired) electrons. The number of hydrogen-bond acceptors (Lipinski definition) is 4. The number of ether oxygens (including phenoxy) is 1. The van der Waals surface area contributed by atoms with Crippen LogP contribution in [0.15, 0.2) is 0 Å². The van der Waals surface area contributed by atoms with Crippen molar-refractivity contribution in [1.82, 2.24) is 10.2 Å². The van der Waals surface area contributed by atoms with Crippen molar-refractivity contribution in [2.24, 2.45) is 5.73 Å². The van der Waals surface area contributed by atoms with Gasteiger partial charge in [-0.3, -0.25) is 4.79 Å². The van der Waals surface area contributed by atoms with Crippen LogP contribution in [0.1, 0.15) is 33.6 Å². The van der Waals surface area contributed by atoms with Crippen molar-refractivity contribution in [3.63, 3.8) is 0 Å². The molecular formula is C13H27N3O2. The molecule has 1 aliphatic rings. The average Bonchev–Trinajstić information content (AvgIpc) is 2.53. The van der Waals surface area contributed by atoms with Crippen LogP contribution in [0, 0.1) is 0 Å². The molecule has 1 amide bonds. The molecule has 0 aliphatic carbocycles. The van der Waals surface area contributed by atoms with Gasteiger partial charge in [-0.25, -0.2) is 0 Å². The summed E-state index contributed by atoms with van der Waals surface area (Å²) in [5.74, 6) is -0.276. The third-order valence-electron chi connectivity index (χ3n) is 3.39. The average molecular weight is 257 g/mol. The van der Waals surface area contributed by atoms with E-state index in [0.29, 0.717) is 0 Å². The van der Waals surface area contributed by atoms with Gasteiger partial charge < -0.3 is 20.7 Å². The molecule has 1 unspecified atom stereocenters. The maximum Gasteiger partial charge on any atom is 0.237 e. The number of primary amides is 1. The standard InChI is InChI=1S/C13H27N3O2/c1-11(2)15-13(3,12(14)17)5-7-16-6-4-9-18-10-8-16/h11,15H,4-10H2,1-3H3,(H2,14,17). The first-order chi connectivity index (χ1) is 8.44. The van der Waals surface area contributed by atoms with Crippen LogP contribution in [-0.4, -0.2) is 55.2 Å². The molecule has 1 fully saturated rings. The summed E-state index contributed by atoms with van der Waals surface area (Å²) in [5.41, 5.74) is 4.90. The molecular weight excluding hydrogens is 230 g/mol. The van der Waals surface area contributed by atoms with Gasteiger partial charge in [0.2, 0.25) is 5.91 Å². The zero-order valence-corrected chi connectivity index (χ0v) is 11.9. The van der Waals surface area contributed by atoms with E-state index < -0.39 is 5.54 Å². The highest BCUT2D eigenvalue weighted by atomic mass is 16.5. The van der Waals surface area contributed by atoms with Gasteiger partial charge in [-0.1, -0.05) is 0 Å². The van der Waals surface area contributed by atoms with Crippen molar-refractivity contribution >= 4 is 5.91 Å². The SMILES string of the molecule is CC(C)NC(C)(CCN1CCCOCC1)C(N)=O.